The summed E-state index contributed by atoms with van der Waals surface area (Å²) in [6, 6.07) is 18.6. The molecule has 2 aromatic rings. The maximum Gasteiger partial charge on any atom is 0.227 e. The lowest BCUT2D eigenvalue weighted by Gasteiger charge is -2.36. The molecule has 148 valence electrons. The van der Waals surface area contributed by atoms with Crippen LogP contribution in [0, 0.1) is 5.41 Å². The Morgan fingerprint density at radius 3 is 2.54 bits per heavy atom. The fourth-order valence-electron chi connectivity index (χ4n) is 5.22. The van der Waals surface area contributed by atoms with Crippen LogP contribution in [0.15, 0.2) is 54.6 Å². The molecule has 2 aliphatic rings. The number of carbonyl (C=O) groups excluding carboxylic acids is 1. The standard InChI is InChI=1S/C24H29NO3/c1-2-28-21-11-8-18(9-12-21)14-23(27)25-20-10-13-22(25)24(16-20,17-26)15-19-6-4-3-5-7-19/h3-9,11-12,20,22,26H,2,10,13-17H2,1H3/t20-,22+,24-/m0/s1. The van der Waals surface area contributed by atoms with E-state index in [1.54, 1.807) is 0 Å². The molecule has 0 unspecified atom stereocenters. The highest BCUT2D eigenvalue weighted by Crippen LogP contribution is 2.51. The molecule has 2 aromatic carbocycles. The maximum absolute atomic E-state index is 13.2. The summed E-state index contributed by atoms with van der Waals surface area (Å²) in [6.07, 6.45) is 4.19. The molecule has 2 fully saturated rings. The fraction of sp³-hybridized carbons (Fsp3) is 0.458. The molecule has 0 aromatic heterocycles. The number of hydrogen-bond donors (Lipinski definition) is 1. The van der Waals surface area contributed by atoms with Gasteiger partial charge in [0, 0.05) is 17.5 Å². The van der Waals surface area contributed by atoms with Crippen LogP contribution in [0.5, 0.6) is 5.75 Å². The Kier molecular flexibility index (Phi) is 5.40. The van der Waals surface area contributed by atoms with Gasteiger partial charge in [0.2, 0.25) is 5.91 Å². The van der Waals surface area contributed by atoms with E-state index < -0.39 is 0 Å². The predicted molar refractivity (Wildman–Crippen MR) is 109 cm³/mol. The van der Waals surface area contributed by atoms with Crippen molar-refractivity contribution in [1.82, 2.24) is 4.90 Å². The molecular formula is C24H29NO3. The Morgan fingerprint density at radius 1 is 1.11 bits per heavy atom. The second kappa shape index (κ2) is 7.96. The zero-order chi connectivity index (χ0) is 19.6. The summed E-state index contributed by atoms with van der Waals surface area (Å²) in [5.74, 6) is 1.02. The van der Waals surface area contributed by atoms with Crippen molar-refractivity contribution in [1.29, 1.82) is 0 Å². The van der Waals surface area contributed by atoms with Gasteiger partial charge >= 0.3 is 0 Å². The average Bonchev–Trinajstić information content (AvgIpc) is 3.27. The van der Waals surface area contributed by atoms with Crippen molar-refractivity contribution < 1.29 is 14.6 Å². The molecule has 2 aliphatic heterocycles. The van der Waals surface area contributed by atoms with E-state index in [0.29, 0.717) is 13.0 Å². The summed E-state index contributed by atoms with van der Waals surface area (Å²) < 4.78 is 5.49. The minimum absolute atomic E-state index is 0.135. The minimum Gasteiger partial charge on any atom is -0.494 e. The Labute approximate surface area is 167 Å². The number of benzene rings is 2. The van der Waals surface area contributed by atoms with E-state index in [0.717, 1.165) is 37.0 Å². The average molecular weight is 380 g/mol. The maximum atomic E-state index is 13.2. The van der Waals surface area contributed by atoms with Gasteiger partial charge in [-0.15, -0.1) is 0 Å². The van der Waals surface area contributed by atoms with Gasteiger partial charge in [-0.05, 0) is 55.9 Å². The van der Waals surface area contributed by atoms with Gasteiger partial charge in [-0.25, -0.2) is 0 Å². The van der Waals surface area contributed by atoms with Gasteiger partial charge in [0.15, 0.2) is 0 Å². The van der Waals surface area contributed by atoms with Crippen LogP contribution in [0.4, 0.5) is 0 Å². The van der Waals surface area contributed by atoms with E-state index in [9.17, 15) is 9.90 Å². The van der Waals surface area contributed by atoms with E-state index in [1.807, 2.05) is 49.4 Å². The number of aliphatic hydroxyl groups excluding tert-OH is 1. The van der Waals surface area contributed by atoms with E-state index in [1.165, 1.54) is 5.56 Å². The van der Waals surface area contributed by atoms with E-state index in [-0.39, 0.29) is 30.0 Å². The van der Waals surface area contributed by atoms with Gasteiger partial charge < -0.3 is 14.7 Å². The molecule has 0 aliphatic carbocycles. The zero-order valence-electron chi connectivity index (χ0n) is 16.5. The number of carbonyl (C=O) groups is 1. The SMILES string of the molecule is CCOc1ccc(CC(=O)N2[C@H]3CC[C@@H]2[C@@](CO)(Cc2ccccc2)C3)cc1. The first kappa shape index (κ1) is 19.0. The third-order valence-electron chi connectivity index (χ3n) is 6.44. The molecule has 2 saturated heterocycles. The molecule has 1 amide bonds. The predicted octanol–water partition coefficient (Wildman–Crippen LogP) is 3.61. The minimum atomic E-state index is -0.210. The van der Waals surface area contributed by atoms with Crippen LogP contribution in [0.3, 0.4) is 0 Å². The highest BCUT2D eigenvalue weighted by molar-refractivity contribution is 5.80. The smallest absolute Gasteiger partial charge is 0.227 e. The second-order valence-electron chi connectivity index (χ2n) is 8.19. The highest BCUT2D eigenvalue weighted by Gasteiger charge is 2.56. The first-order valence-corrected chi connectivity index (χ1v) is 10.3. The molecule has 0 saturated carbocycles. The normalized spacial score (nSPS) is 25.9. The van der Waals surface area contributed by atoms with Crippen molar-refractivity contribution in [2.24, 2.45) is 5.41 Å². The van der Waals surface area contributed by atoms with Crippen molar-refractivity contribution in [2.45, 2.75) is 51.1 Å². The molecule has 2 heterocycles. The van der Waals surface area contributed by atoms with E-state index >= 15 is 0 Å². The number of nitrogens with zero attached hydrogens (tertiary/aromatic N) is 1. The van der Waals surface area contributed by atoms with Crippen LogP contribution in [-0.4, -0.2) is 41.2 Å². The van der Waals surface area contributed by atoms with Crippen LogP contribution < -0.4 is 4.74 Å². The van der Waals surface area contributed by atoms with Crippen LogP contribution in [0.1, 0.15) is 37.3 Å². The summed E-state index contributed by atoms with van der Waals surface area (Å²) >= 11 is 0. The summed E-state index contributed by atoms with van der Waals surface area (Å²) in [5.41, 5.74) is 2.04. The van der Waals surface area contributed by atoms with Gasteiger partial charge in [-0.2, -0.15) is 0 Å². The first-order chi connectivity index (χ1) is 13.6. The van der Waals surface area contributed by atoms with E-state index in [2.05, 4.69) is 17.0 Å². The summed E-state index contributed by atoms with van der Waals surface area (Å²) in [6.45, 7) is 2.74. The lowest BCUT2D eigenvalue weighted by atomic mass is 9.70. The Bertz CT molecular complexity index is 804. The molecular weight excluding hydrogens is 350 g/mol. The van der Waals surface area contributed by atoms with Gasteiger partial charge in [0.05, 0.1) is 19.6 Å². The molecule has 1 N–H and O–H groups in total. The van der Waals surface area contributed by atoms with Gasteiger partial charge in [0.25, 0.3) is 0 Å². The Morgan fingerprint density at radius 2 is 1.86 bits per heavy atom. The lowest BCUT2D eigenvalue weighted by molar-refractivity contribution is -0.132. The van der Waals surface area contributed by atoms with Crippen molar-refractivity contribution >= 4 is 5.91 Å². The lowest BCUT2D eigenvalue weighted by Crippen LogP contribution is -2.44. The Balaban J connectivity index is 1.48. The number of fused-ring (bicyclic) bond motifs is 2. The quantitative estimate of drug-likeness (QED) is 0.799. The van der Waals surface area contributed by atoms with Crippen LogP contribution in [0.2, 0.25) is 0 Å². The number of rotatable bonds is 7. The van der Waals surface area contributed by atoms with Gasteiger partial charge in [-0.1, -0.05) is 42.5 Å². The number of amides is 1. The molecule has 0 spiro atoms. The first-order valence-electron chi connectivity index (χ1n) is 10.3. The molecule has 4 heteroatoms. The molecule has 2 bridgehead atoms. The summed E-state index contributed by atoms with van der Waals surface area (Å²) in [5, 5.41) is 10.3. The van der Waals surface area contributed by atoms with Crippen molar-refractivity contribution in [3.63, 3.8) is 0 Å². The molecule has 4 rings (SSSR count). The third kappa shape index (κ3) is 3.53. The van der Waals surface area contributed by atoms with Crippen LogP contribution in [0.25, 0.3) is 0 Å². The number of hydrogen-bond acceptors (Lipinski definition) is 3. The number of ether oxygens (including phenoxy) is 1. The van der Waals surface area contributed by atoms with Gasteiger partial charge in [0.1, 0.15) is 5.75 Å². The topological polar surface area (TPSA) is 49.8 Å². The number of aliphatic hydroxyl groups is 1. The molecule has 4 nitrogen and oxygen atoms in total. The summed E-state index contributed by atoms with van der Waals surface area (Å²) in [4.78, 5) is 15.2. The summed E-state index contributed by atoms with van der Waals surface area (Å²) in [7, 11) is 0. The van der Waals surface area contributed by atoms with Gasteiger partial charge in [-0.3, -0.25) is 4.79 Å². The monoisotopic (exact) mass is 379 g/mol. The molecule has 28 heavy (non-hydrogen) atoms. The molecule has 3 atom stereocenters. The van der Waals surface area contributed by atoms with Crippen LogP contribution >= 0.6 is 0 Å². The highest BCUT2D eigenvalue weighted by atomic mass is 16.5. The Hall–Kier alpha value is -2.33. The second-order valence-corrected chi connectivity index (χ2v) is 8.19. The van der Waals surface area contributed by atoms with E-state index in [4.69, 9.17) is 4.74 Å². The fourth-order valence-corrected chi connectivity index (χ4v) is 5.22. The zero-order valence-corrected chi connectivity index (χ0v) is 16.5. The van der Waals surface area contributed by atoms with Crippen molar-refractivity contribution in [2.75, 3.05) is 13.2 Å². The van der Waals surface area contributed by atoms with Crippen molar-refractivity contribution in [3.8, 4) is 5.75 Å². The van der Waals surface area contributed by atoms with Crippen LogP contribution in [-0.2, 0) is 17.6 Å². The molecule has 0 radical (unpaired) electrons. The largest absolute Gasteiger partial charge is 0.494 e. The third-order valence-corrected chi connectivity index (χ3v) is 6.44. The van der Waals surface area contributed by atoms with Crippen molar-refractivity contribution in [3.05, 3.63) is 65.7 Å².